The van der Waals surface area contributed by atoms with Gasteiger partial charge in [-0.1, -0.05) is 0 Å². The van der Waals surface area contributed by atoms with Gasteiger partial charge >= 0.3 is 0 Å². The third kappa shape index (κ3) is 4.06. The van der Waals surface area contributed by atoms with Crippen molar-refractivity contribution in [3.8, 4) is 0 Å². The van der Waals surface area contributed by atoms with Crippen molar-refractivity contribution >= 4 is 28.8 Å². The van der Waals surface area contributed by atoms with Gasteiger partial charge in [-0.25, -0.2) is 13.9 Å². The molecule has 3 aliphatic heterocycles. The number of hydrogen-bond acceptors (Lipinski definition) is 7. The van der Waals surface area contributed by atoms with Crippen LogP contribution < -0.4 is 10.2 Å². The Balaban J connectivity index is 1.19. The molecule has 11 heteroatoms. The van der Waals surface area contributed by atoms with E-state index in [1.165, 1.54) is 24.9 Å². The van der Waals surface area contributed by atoms with Gasteiger partial charge in [-0.15, -0.1) is 0 Å². The molecule has 1 saturated carbocycles. The predicted molar refractivity (Wildman–Crippen MR) is 140 cm³/mol. The summed E-state index contributed by atoms with van der Waals surface area (Å²) >= 11 is 0. The number of halogens is 1. The summed E-state index contributed by atoms with van der Waals surface area (Å²) in [7, 11) is 0. The summed E-state index contributed by atoms with van der Waals surface area (Å²) in [4.78, 5) is 34.7. The van der Waals surface area contributed by atoms with E-state index in [1.807, 2.05) is 12.1 Å². The van der Waals surface area contributed by atoms with Crippen LogP contribution in [0.1, 0.15) is 40.1 Å². The number of aromatic nitrogens is 3. The van der Waals surface area contributed by atoms with Gasteiger partial charge < -0.3 is 25.0 Å². The molecule has 1 aromatic carbocycles. The normalized spacial score (nSPS) is 25.0. The quantitative estimate of drug-likeness (QED) is 0.479. The molecule has 3 unspecified atom stereocenters. The van der Waals surface area contributed by atoms with Crippen molar-refractivity contribution in [2.75, 3.05) is 43.1 Å². The first-order valence-electron chi connectivity index (χ1n) is 13.4. The summed E-state index contributed by atoms with van der Waals surface area (Å²) in [6.45, 7) is 6.19. The smallest absolute Gasteiger partial charge is 0.261 e. The van der Waals surface area contributed by atoms with E-state index in [1.54, 1.807) is 23.0 Å². The first-order chi connectivity index (χ1) is 18.7. The lowest BCUT2D eigenvalue weighted by molar-refractivity contribution is -0.0473. The maximum Gasteiger partial charge on any atom is 0.261 e. The summed E-state index contributed by atoms with van der Waals surface area (Å²) < 4.78 is 21.6. The zero-order chi connectivity index (χ0) is 27.1. The van der Waals surface area contributed by atoms with Crippen LogP contribution in [0.3, 0.4) is 0 Å². The van der Waals surface area contributed by atoms with Crippen LogP contribution in [-0.2, 0) is 11.3 Å². The van der Waals surface area contributed by atoms with Gasteiger partial charge in [0.05, 0.1) is 42.9 Å². The van der Waals surface area contributed by atoms with Crippen molar-refractivity contribution in [1.29, 1.82) is 0 Å². The van der Waals surface area contributed by atoms with Crippen LogP contribution in [0.25, 0.3) is 5.65 Å². The van der Waals surface area contributed by atoms with Crippen molar-refractivity contribution in [3.63, 3.8) is 0 Å². The minimum absolute atomic E-state index is 0.207. The van der Waals surface area contributed by atoms with Crippen molar-refractivity contribution in [1.82, 2.24) is 19.5 Å². The molecule has 10 nitrogen and oxygen atoms in total. The molecule has 2 amide bonds. The number of anilines is 2. The molecule has 3 aromatic rings. The van der Waals surface area contributed by atoms with Crippen LogP contribution >= 0.6 is 0 Å². The Morgan fingerprint density at radius 2 is 2.05 bits per heavy atom. The Hall–Kier alpha value is -3.57. The highest BCUT2D eigenvalue weighted by Crippen LogP contribution is 2.58. The van der Waals surface area contributed by atoms with Crippen LogP contribution in [0.2, 0.25) is 0 Å². The van der Waals surface area contributed by atoms with E-state index in [4.69, 9.17) is 4.74 Å². The fourth-order valence-corrected chi connectivity index (χ4v) is 6.46. The number of carbonyl (C=O) groups is 2. The lowest BCUT2D eigenvalue weighted by atomic mass is 9.98. The molecule has 0 bridgehead atoms. The average molecular weight is 535 g/mol. The minimum Gasteiger partial charge on any atom is -0.387 e. The molecule has 2 N–H and O–H groups in total. The number of nitrogens with one attached hydrogen (secondary N) is 1. The van der Waals surface area contributed by atoms with Crippen LogP contribution in [0.5, 0.6) is 0 Å². The standard InChI is InChI=1S/C28H31FN6O4/c1-28(2,38)23(29)12-34-9-15-6-21(32-26(36)18-8-31-35-5-3-4-30-25(18)35)22(7-17(15)27(34)37)33-10-19-20(11-33)24(19)16-13-39-14-16/h3-8,16,19-20,23-24,38H,9-14H2,1-2H3,(H,32,36). The SMILES string of the molecule is CC(C)(O)C(F)CN1Cc2cc(NC(=O)c3cnn4cccnc34)c(N3CC4C(C3)C4C3COC3)cc2C1=O. The first kappa shape index (κ1) is 24.5. The third-order valence-electron chi connectivity index (χ3n) is 8.83. The number of carbonyl (C=O) groups excluding carboxylic acids is 2. The van der Waals surface area contributed by atoms with E-state index in [-0.39, 0.29) is 24.9 Å². The Morgan fingerprint density at radius 1 is 1.28 bits per heavy atom. The first-order valence-corrected chi connectivity index (χ1v) is 13.4. The van der Waals surface area contributed by atoms with E-state index in [2.05, 4.69) is 20.3 Å². The molecule has 3 fully saturated rings. The molecular formula is C28H31FN6O4. The van der Waals surface area contributed by atoms with Crippen LogP contribution in [0.15, 0.2) is 36.8 Å². The highest BCUT2D eigenvalue weighted by molar-refractivity contribution is 6.10. The minimum atomic E-state index is -1.59. The molecule has 5 heterocycles. The molecule has 1 aliphatic carbocycles. The Kier molecular flexibility index (Phi) is 5.47. The maximum absolute atomic E-state index is 14.7. The number of piperidine rings is 1. The largest absolute Gasteiger partial charge is 0.387 e. The molecule has 39 heavy (non-hydrogen) atoms. The fraction of sp³-hybridized carbons (Fsp3) is 0.500. The van der Waals surface area contributed by atoms with Gasteiger partial charge in [0.2, 0.25) is 0 Å². The molecule has 4 aliphatic rings. The van der Waals surface area contributed by atoms with Crippen LogP contribution in [0, 0.1) is 23.7 Å². The second-order valence-electron chi connectivity index (χ2n) is 11.8. The number of hydrogen-bond donors (Lipinski definition) is 2. The molecule has 2 saturated heterocycles. The predicted octanol–water partition coefficient (Wildman–Crippen LogP) is 2.38. The van der Waals surface area contributed by atoms with Crippen molar-refractivity contribution in [3.05, 3.63) is 53.5 Å². The van der Waals surface area contributed by atoms with Crippen molar-refractivity contribution in [2.24, 2.45) is 23.7 Å². The van der Waals surface area contributed by atoms with Crippen LogP contribution in [0.4, 0.5) is 15.8 Å². The zero-order valence-corrected chi connectivity index (χ0v) is 21.9. The van der Waals surface area contributed by atoms with E-state index in [0.717, 1.165) is 32.0 Å². The zero-order valence-electron chi connectivity index (χ0n) is 21.9. The topological polar surface area (TPSA) is 112 Å². The van der Waals surface area contributed by atoms with Gasteiger partial charge in [-0.2, -0.15) is 5.10 Å². The Morgan fingerprint density at radius 3 is 2.74 bits per heavy atom. The fourth-order valence-electron chi connectivity index (χ4n) is 6.46. The summed E-state index contributed by atoms with van der Waals surface area (Å²) in [5, 5.41) is 17.4. The van der Waals surface area contributed by atoms with E-state index in [9.17, 15) is 19.1 Å². The van der Waals surface area contributed by atoms with Crippen molar-refractivity contribution in [2.45, 2.75) is 32.2 Å². The number of rotatable bonds is 7. The molecular weight excluding hydrogens is 503 g/mol. The lowest BCUT2D eigenvalue weighted by Crippen LogP contribution is -2.42. The molecule has 3 atom stereocenters. The van der Waals surface area contributed by atoms with Gasteiger partial charge in [-0.05, 0) is 55.4 Å². The van der Waals surface area contributed by atoms with Gasteiger partial charge in [0.1, 0.15) is 11.7 Å². The van der Waals surface area contributed by atoms with E-state index >= 15 is 0 Å². The monoisotopic (exact) mass is 534 g/mol. The number of amides is 2. The number of fused-ring (bicyclic) bond motifs is 3. The average Bonchev–Trinajstić information content (AvgIpc) is 3.24. The summed E-state index contributed by atoms with van der Waals surface area (Å²) in [5.74, 6) is 1.90. The van der Waals surface area contributed by atoms with Gasteiger partial charge in [0.15, 0.2) is 5.65 Å². The van der Waals surface area contributed by atoms with E-state index < -0.39 is 11.8 Å². The van der Waals surface area contributed by atoms with Gasteiger partial charge in [0.25, 0.3) is 11.8 Å². The number of aliphatic hydroxyl groups is 1. The number of nitrogens with zero attached hydrogens (tertiary/aromatic N) is 5. The van der Waals surface area contributed by atoms with E-state index in [0.29, 0.717) is 51.7 Å². The molecule has 204 valence electrons. The Bertz CT molecular complexity index is 1470. The highest BCUT2D eigenvalue weighted by Gasteiger charge is 2.60. The summed E-state index contributed by atoms with van der Waals surface area (Å²) in [5.41, 5.74) is 1.86. The van der Waals surface area contributed by atoms with Gasteiger partial charge in [-0.3, -0.25) is 9.59 Å². The Labute approximate surface area is 224 Å². The second-order valence-corrected chi connectivity index (χ2v) is 11.8. The highest BCUT2D eigenvalue weighted by atomic mass is 19.1. The number of benzene rings is 1. The van der Waals surface area contributed by atoms with Gasteiger partial charge in [0, 0.05) is 43.5 Å². The van der Waals surface area contributed by atoms with Crippen molar-refractivity contribution < 1.29 is 23.8 Å². The second kappa shape index (κ2) is 8.72. The summed E-state index contributed by atoms with van der Waals surface area (Å²) in [6, 6.07) is 5.41. The third-order valence-corrected chi connectivity index (χ3v) is 8.83. The lowest BCUT2D eigenvalue weighted by Gasteiger charge is -2.31. The maximum atomic E-state index is 14.7. The number of alkyl halides is 1. The molecule has 0 spiro atoms. The molecule has 2 aromatic heterocycles. The van der Waals surface area contributed by atoms with Crippen LogP contribution in [-0.4, -0.2) is 81.0 Å². The molecule has 0 radical (unpaired) electrons. The molecule has 7 rings (SSSR count). The number of ether oxygens (including phenoxy) is 1. The summed E-state index contributed by atoms with van der Waals surface area (Å²) in [6.07, 6.45) is 3.24.